The van der Waals surface area contributed by atoms with Gasteiger partial charge in [-0.15, -0.1) is 0 Å². The van der Waals surface area contributed by atoms with Crippen LogP contribution in [0.15, 0.2) is 54.3 Å². The Morgan fingerprint density at radius 3 is 2.52 bits per heavy atom. The molecule has 0 radical (unpaired) electrons. The zero-order valence-corrected chi connectivity index (χ0v) is 15.3. The Morgan fingerprint density at radius 1 is 1.16 bits per heavy atom. The van der Waals surface area contributed by atoms with Crippen LogP contribution < -0.4 is 0 Å². The Bertz CT molecular complexity index is 775. The van der Waals surface area contributed by atoms with Gasteiger partial charge >= 0.3 is 0 Å². The maximum absolute atomic E-state index is 9.65. The number of hydrogen-bond donors (Lipinski definition) is 1. The van der Waals surface area contributed by atoms with E-state index in [2.05, 4.69) is 24.3 Å². The molecule has 4 nitrogen and oxygen atoms in total. The molecule has 0 saturated heterocycles. The minimum atomic E-state index is -0.979. The molecule has 2 aromatic rings. The van der Waals surface area contributed by atoms with Crippen molar-refractivity contribution < 1.29 is 19.3 Å². The van der Waals surface area contributed by atoms with Gasteiger partial charge in [0.2, 0.25) is 5.79 Å². The van der Waals surface area contributed by atoms with Gasteiger partial charge < -0.3 is 19.3 Å². The first kappa shape index (κ1) is 17.9. The number of ether oxygens (including phenoxy) is 3. The van der Waals surface area contributed by atoms with Crippen molar-refractivity contribution >= 4 is 10.8 Å². The van der Waals surface area contributed by atoms with Crippen molar-refractivity contribution in [2.75, 3.05) is 13.7 Å². The van der Waals surface area contributed by atoms with Crippen molar-refractivity contribution in [3.63, 3.8) is 0 Å². The molecule has 0 aliphatic carbocycles. The van der Waals surface area contributed by atoms with Crippen molar-refractivity contribution in [2.24, 2.45) is 0 Å². The van der Waals surface area contributed by atoms with Gasteiger partial charge in [-0.1, -0.05) is 36.4 Å². The van der Waals surface area contributed by atoms with Gasteiger partial charge in [0.15, 0.2) is 0 Å². The van der Waals surface area contributed by atoms with Gasteiger partial charge in [-0.05, 0) is 43.7 Å². The highest BCUT2D eigenvalue weighted by Gasteiger charge is 2.42. The van der Waals surface area contributed by atoms with E-state index < -0.39 is 5.79 Å². The summed E-state index contributed by atoms with van der Waals surface area (Å²) >= 11 is 0. The molecule has 2 atom stereocenters. The average Bonchev–Trinajstić information content (AvgIpc) is 2.59. The van der Waals surface area contributed by atoms with Crippen LogP contribution in [0.25, 0.3) is 10.8 Å². The normalized spacial score (nSPS) is 24.0. The maximum atomic E-state index is 9.65. The minimum Gasteiger partial charge on any atom is -0.460 e. The maximum Gasteiger partial charge on any atom is 0.239 e. The van der Waals surface area contributed by atoms with Gasteiger partial charge in [0, 0.05) is 19.1 Å². The SMILES string of the molecule is CO[C@@]1(c2ccc3ccccc3c2)C[C@H](OC(C)(C)C)C=C(CO)O1. The first-order chi connectivity index (χ1) is 11.8. The Balaban J connectivity index is 2.01. The largest absolute Gasteiger partial charge is 0.460 e. The van der Waals surface area contributed by atoms with E-state index in [0.717, 1.165) is 16.3 Å². The highest BCUT2D eigenvalue weighted by atomic mass is 16.7. The molecule has 134 valence electrons. The second kappa shape index (κ2) is 6.79. The molecule has 1 aliphatic heterocycles. The fourth-order valence-corrected chi connectivity index (χ4v) is 3.28. The number of hydrogen-bond acceptors (Lipinski definition) is 4. The fraction of sp³-hybridized carbons (Fsp3) is 0.429. The summed E-state index contributed by atoms with van der Waals surface area (Å²) in [5.74, 6) is -0.511. The molecule has 1 heterocycles. The van der Waals surface area contributed by atoms with Crippen LogP contribution in [0.1, 0.15) is 32.8 Å². The van der Waals surface area contributed by atoms with Crippen LogP contribution in [0.5, 0.6) is 0 Å². The highest BCUT2D eigenvalue weighted by Crippen LogP contribution is 2.40. The van der Waals surface area contributed by atoms with Crippen molar-refractivity contribution in [3.05, 3.63) is 59.9 Å². The summed E-state index contributed by atoms with van der Waals surface area (Å²) in [6.45, 7) is 5.85. The second-order valence-corrected chi connectivity index (χ2v) is 7.38. The Morgan fingerprint density at radius 2 is 1.88 bits per heavy atom. The predicted octanol–water partition coefficient (Wildman–Crippen LogP) is 4.12. The van der Waals surface area contributed by atoms with Crippen LogP contribution in [-0.4, -0.2) is 30.5 Å². The lowest BCUT2D eigenvalue weighted by Gasteiger charge is -2.41. The smallest absolute Gasteiger partial charge is 0.239 e. The zero-order chi connectivity index (χ0) is 18.1. The lowest BCUT2D eigenvalue weighted by molar-refractivity contribution is -0.243. The molecule has 0 fully saturated rings. The monoisotopic (exact) mass is 342 g/mol. The van der Waals surface area contributed by atoms with E-state index in [1.807, 2.05) is 45.0 Å². The van der Waals surface area contributed by atoms with Crippen LogP contribution in [0.2, 0.25) is 0 Å². The summed E-state index contributed by atoms with van der Waals surface area (Å²) in [6.07, 6.45) is 2.15. The number of methoxy groups -OCH3 is 1. The van der Waals surface area contributed by atoms with Gasteiger partial charge in [-0.3, -0.25) is 0 Å². The summed E-state index contributed by atoms with van der Waals surface area (Å²) < 4.78 is 18.0. The van der Waals surface area contributed by atoms with E-state index in [1.54, 1.807) is 7.11 Å². The molecule has 1 aliphatic rings. The Labute approximate surface area is 149 Å². The third-order valence-corrected chi connectivity index (χ3v) is 4.32. The molecule has 0 saturated carbocycles. The zero-order valence-electron chi connectivity index (χ0n) is 15.3. The third-order valence-electron chi connectivity index (χ3n) is 4.32. The van der Waals surface area contributed by atoms with E-state index in [4.69, 9.17) is 14.2 Å². The molecule has 25 heavy (non-hydrogen) atoms. The molecule has 0 bridgehead atoms. The average molecular weight is 342 g/mol. The standard InChI is InChI=1S/C21H26O4/c1-20(2,3)24-18-12-19(14-22)25-21(13-18,23-4)17-10-9-15-7-5-6-8-16(15)11-17/h5-12,18,22H,13-14H2,1-4H3/t18-,21+/m1/s1. The molecule has 0 unspecified atom stereocenters. The number of aliphatic hydroxyl groups excluding tert-OH is 1. The molecule has 1 N–H and O–H groups in total. The van der Waals surface area contributed by atoms with Crippen LogP contribution in [0.3, 0.4) is 0 Å². The Kier molecular flexibility index (Phi) is 4.87. The third kappa shape index (κ3) is 3.87. The van der Waals surface area contributed by atoms with E-state index in [9.17, 15) is 5.11 Å². The van der Waals surface area contributed by atoms with Crippen molar-refractivity contribution in [1.82, 2.24) is 0 Å². The quantitative estimate of drug-likeness (QED) is 0.908. The number of fused-ring (bicyclic) bond motifs is 1. The van der Waals surface area contributed by atoms with Gasteiger partial charge in [-0.2, -0.15) is 0 Å². The van der Waals surface area contributed by atoms with Crippen LogP contribution >= 0.6 is 0 Å². The molecule has 0 amide bonds. The summed E-state index contributed by atoms with van der Waals surface area (Å²) in [7, 11) is 1.63. The number of benzene rings is 2. The minimum absolute atomic E-state index is 0.192. The van der Waals surface area contributed by atoms with Gasteiger partial charge in [0.05, 0.1) is 11.7 Å². The van der Waals surface area contributed by atoms with Gasteiger partial charge in [0.1, 0.15) is 12.4 Å². The van der Waals surface area contributed by atoms with E-state index >= 15 is 0 Å². The lowest BCUT2D eigenvalue weighted by atomic mass is 9.93. The fourth-order valence-electron chi connectivity index (χ4n) is 3.28. The van der Waals surface area contributed by atoms with Gasteiger partial charge in [0.25, 0.3) is 0 Å². The highest BCUT2D eigenvalue weighted by molar-refractivity contribution is 5.83. The summed E-state index contributed by atoms with van der Waals surface area (Å²) in [5, 5.41) is 11.9. The first-order valence-electron chi connectivity index (χ1n) is 8.58. The predicted molar refractivity (Wildman–Crippen MR) is 98.1 cm³/mol. The summed E-state index contributed by atoms with van der Waals surface area (Å²) in [6, 6.07) is 14.3. The molecular weight excluding hydrogens is 316 g/mol. The molecule has 0 aromatic heterocycles. The lowest BCUT2D eigenvalue weighted by Crippen LogP contribution is -2.42. The number of aliphatic hydroxyl groups is 1. The molecule has 4 heteroatoms. The summed E-state index contributed by atoms with van der Waals surface area (Å²) in [5.41, 5.74) is 0.609. The first-order valence-corrected chi connectivity index (χ1v) is 8.58. The Hall–Kier alpha value is -1.88. The van der Waals surface area contributed by atoms with Crippen molar-refractivity contribution in [2.45, 2.75) is 44.7 Å². The van der Waals surface area contributed by atoms with Crippen molar-refractivity contribution in [3.8, 4) is 0 Å². The molecule has 0 spiro atoms. The summed E-state index contributed by atoms with van der Waals surface area (Å²) in [4.78, 5) is 0. The van der Waals surface area contributed by atoms with Crippen LogP contribution in [-0.2, 0) is 20.0 Å². The topological polar surface area (TPSA) is 47.9 Å². The van der Waals surface area contributed by atoms with Crippen molar-refractivity contribution in [1.29, 1.82) is 0 Å². The van der Waals surface area contributed by atoms with E-state index in [0.29, 0.717) is 12.2 Å². The molecule has 2 aromatic carbocycles. The van der Waals surface area contributed by atoms with E-state index in [-0.39, 0.29) is 18.3 Å². The number of rotatable bonds is 4. The molecule has 3 rings (SSSR count). The second-order valence-electron chi connectivity index (χ2n) is 7.38. The van der Waals surface area contributed by atoms with Crippen LogP contribution in [0.4, 0.5) is 0 Å². The van der Waals surface area contributed by atoms with Gasteiger partial charge in [-0.25, -0.2) is 0 Å². The van der Waals surface area contributed by atoms with Crippen LogP contribution in [0, 0.1) is 0 Å². The molecular formula is C21H26O4. The van der Waals surface area contributed by atoms with E-state index in [1.165, 1.54) is 0 Å².